The molecule has 0 saturated heterocycles. The number of fused-ring (bicyclic) bond motifs is 1. The number of nitrogens with zero attached hydrogens (tertiary/aromatic N) is 2. The number of aryl methyl sites for hydroxylation is 2. The summed E-state index contributed by atoms with van der Waals surface area (Å²) in [6.07, 6.45) is 5.84. The van der Waals surface area contributed by atoms with Gasteiger partial charge in [0.05, 0.1) is 16.8 Å². The van der Waals surface area contributed by atoms with E-state index >= 15 is 0 Å². The van der Waals surface area contributed by atoms with Crippen molar-refractivity contribution in [1.29, 1.82) is 0 Å². The predicted molar refractivity (Wildman–Crippen MR) is 88.2 cm³/mol. The molecular formula is C18H19N3O3. The average Bonchev–Trinajstić information content (AvgIpc) is 2.59. The third kappa shape index (κ3) is 3.27. The zero-order chi connectivity index (χ0) is 17.1. The summed E-state index contributed by atoms with van der Waals surface area (Å²) in [4.78, 5) is 31.4. The summed E-state index contributed by atoms with van der Waals surface area (Å²) in [5.74, 6) is -1.00. The highest BCUT2D eigenvalue weighted by molar-refractivity contribution is 5.94. The first-order valence-electron chi connectivity index (χ1n) is 7.97. The summed E-state index contributed by atoms with van der Waals surface area (Å²) in [6, 6.07) is 5.28. The minimum absolute atomic E-state index is 0.127. The van der Waals surface area contributed by atoms with Crippen molar-refractivity contribution in [3.05, 3.63) is 58.7 Å². The molecule has 6 heteroatoms. The number of hydrogen-bond donors (Lipinski definition) is 2. The lowest BCUT2D eigenvalue weighted by Crippen LogP contribution is -2.30. The monoisotopic (exact) mass is 325 g/mol. The molecule has 3 rings (SSSR count). The summed E-state index contributed by atoms with van der Waals surface area (Å²) in [5.41, 5.74) is 3.60. The number of nitrogens with one attached hydrogen (secondary N) is 1. The van der Waals surface area contributed by atoms with E-state index in [2.05, 4.69) is 15.3 Å². The normalized spacial score (nSPS) is 16.3. The van der Waals surface area contributed by atoms with Crippen molar-refractivity contribution < 1.29 is 14.7 Å². The van der Waals surface area contributed by atoms with Crippen LogP contribution in [0.5, 0.6) is 0 Å². The Morgan fingerprint density at radius 1 is 1.38 bits per heavy atom. The van der Waals surface area contributed by atoms with Crippen LogP contribution in [0.2, 0.25) is 0 Å². The zero-order valence-electron chi connectivity index (χ0n) is 13.5. The van der Waals surface area contributed by atoms with E-state index in [4.69, 9.17) is 0 Å². The number of carbonyl (C=O) groups is 2. The lowest BCUT2D eigenvalue weighted by Gasteiger charge is -2.26. The van der Waals surface area contributed by atoms with E-state index in [0.717, 1.165) is 24.8 Å². The smallest absolute Gasteiger partial charge is 0.335 e. The molecule has 0 radical (unpaired) electrons. The molecule has 24 heavy (non-hydrogen) atoms. The van der Waals surface area contributed by atoms with Crippen LogP contribution in [0.4, 0.5) is 0 Å². The molecule has 2 N–H and O–H groups in total. The van der Waals surface area contributed by atoms with Gasteiger partial charge in [-0.3, -0.25) is 4.79 Å². The molecule has 2 aromatic rings. The first-order chi connectivity index (χ1) is 11.6. The fraction of sp³-hybridized carbons (Fsp3) is 0.333. The fourth-order valence-electron chi connectivity index (χ4n) is 3.17. The van der Waals surface area contributed by atoms with Gasteiger partial charge in [-0.05, 0) is 49.4 Å². The molecule has 0 spiro atoms. The Morgan fingerprint density at radius 3 is 2.96 bits per heavy atom. The summed E-state index contributed by atoms with van der Waals surface area (Å²) >= 11 is 0. The van der Waals surface area contributed by atoms with E-state index in [1.54, 1.807) is 19.1 Å². The molecule has 1 aliphatic carbocycles. The van der Waals surface area contributed by atoms with Gasteiger partial charge in [-0.1, -0.05) is 6.07 Å². The maximum Gasteiger partial charge on any atom is 0.335 e. The number of carboxylic acids is 1. The molecule has 1 aromatic heterocycles. The van der Waals surface area contributed by atoms with Crippen molar-refractivity contribution in [3.63, 3.8) is 0 Å². The van der Waals surface area contributed by atoms with Gasteiger partial charge in [0, 0.05) is 18.7 Å². The highest BCUT2D eigenvalue weighted by atomic mass is 16.4. The number of carboxylic acid groups (broad SMARTS) is 1. The Balaban J connectivity index is 1.75. The third-order valence-electron chi connectivity index (χ3n) is 4.50. The van der Waals surface area contributed by atoms with Crippen molar-refractivity contribution >= 4 is 11.9 Å². The zero-order valence-corrected chi connectivity index (χ0v) is 13.5. The summed E-state index contributed by atoms with van der Waals surface area (Å²) in [7, 11) is 0. The largest absolute Gasteiger partial charge is 0.478 e. The predicted octanol–water partition coefficient (Wildman–Crippen LogP) is 2.33. The fourth-order valence-corrected chi connectivity index (χ4v) is 3.17. The minimum Gasteiger partial charge on any atom is -0.478 e. The van der Waals surface area contributed by atoms with Crippen molar-refractivity contribution in [2.75, 3.05) is 6.54 Å². The van der Waals surface area contributed by atoms with Gasteiger partial charge in [-0.2, -0.15) is 0 Å². The van der Waals surface area contributed by atoms with Crippen LogP contribution in [0.15, 0.2) is 30.7 Å². The quantitative estimate of drug-likeness (QED) is 0.900. The highest BCUT2D eigenvalue weighted by Crippen LogP contribution is 2.32. The second-order valence-electron chi connectivity index (χ2n) is 6.04. The van der Waals surface area contributed by atoms with Crippen LogP contribution in [0, 0.1) is 6.92 Å². The van der Waals surface area contributed by atoms with E-state index in [0.29, 0.717) is 23.4 Å². The van der Waals surface area contributed by atoms with E-state index in [-0.39, 0.29) is 11.8 Å². The molecule has 0 bridgehead atoms. The Labute approximate surface area is 140 Å². The maximum atomic E-state index is 12.3. The first kappa shape index (κ1) is 16.1. The third-order valence-corrected chi connectivity index (χ3v) is 4.50. The second-order valence-corrected chi connectivity index (χ2v) is 6.04. The van der Waals surface area contributed by atoms with Crippen molar-refractivity contribution in [1.82, 2.24) is 15.3 Å². The molecule has 124 valence electrons. The molecule has 6 nitrogen and oxygen atoms in total. The van der Waals surface area contributed by atoms with Crippen molar-refractivity contribution in [3.8, 4) is 0 Å². The lowest BCUT2D eigenvalue weighted by molar-refractivity contribution is 0.0696. The van der Waals surface area contributed by atoms with E-state index < -0.39 is 5.97 Å². The number of aromatic carboxylic acids is 1. The SMILES string of the molecule is Cc1ncncc1C(=O)NCC1CCCc2ccc(C(=O)O)cc21. The number of benzene rings is 1. The standard InChI is InChI=1S/C18H19N3O3/c1-11-16(9-19-10-21-11)17(22)20-8-14-4-2-3-12-5-6-13(18(23)24)7-15(12)14/h5-7,9-10,14H,2-4,8H2,1H3,(H,20,22)(H,23,24). The van der Waals surface area contributed by atoms with Crippen molar-refractivity contribution in [2.45, 2.75) is 32.1 Å². The van der Waals surface area contributed by atoms with Crippen LogP contribution < -0.4 is 5.32 Å². The lowest BCUT2D eigenvalue weighted by atomic mass is 9.82. The van der Waals surface area contributed by atoms with Gasteiger partial charge in [0.25, 0.3) is 5.91 Å². The van der Waals surface area contributed by atoms with E-state index in [1.165, 1.54) is 18.1 Å². The molecular weight excluding hydrogens is 306 g/mol. The molecule has 1 atom stereocenters. The van der Waals surface area contributed by atoms with Gasteiger partial charge in [0.15, 0.2) is 0 Å². The number of carbonyl (C=O) groups excluding carboxylic acids is 1. The summed E-state index contributed by atoms with van der Waals surface area (Å²) in [6.45, 7) is 2.24. The summed E-state index contributed by atoms with van der Waals surface area (Å²) < 4.78 is 0. The Kier molecular flexibility index (Phi) is 4.55. The van der Waals surface area contributed by atoms with Gasteiger partial charge < -0.3 is 10.4 Å². The van der Waals surface area contributed by atoms with Crippen LogP contribution in [0.1, 0.15) is 56.3 Å². The van der Waals surface area contributed by atoms with Crippen LogP contribution >= 0.6 is 0 Å². The van der Waals surface area contributed by atoms with Gasteiger partial charge in [0.2, 0.25) is 0 Å². The van der Waals surface area contributed by atoms with Gasteiger partial charge in [-0.15, -0.1) is 0 Å². The Morgan fingerprint density at radius 2 is 2.21 bits per heavy atom. The summed E-state index contributed by atoms with van der Waals surface area (Å²) in [5, 5.41) is 12.1. The van der Waals surface area contributed by atoms with Crippen LogP contribution in [-0.2, 0) is 6.42 Å². The average molecular weight is 325 g/mol. The van der Waals surface area contributed by atoms with E-state index in [9.17, 15) is 14.7 Å². The molecule has 1 heterocycles. The molecule has 1 aromatic carbocycles. The number of amides is 1. The number of rotatable bonds is 4. The molecule has 1 aliphatic rings. The Bertz CT molecular complexity index is 789. The molecule has 0 aliphatic heterocycles. The van der Waals surface area contributed by atoms with Gasteiger partial charge in [0.1, 0.15) is 6.33 Å². The molecule has 1 amide bonds. The van der Waals surface area contributed by atoms with Crippen LogP contribution in [-0.4, -0.2) is 33.5 Å². The van der Waals surface area contributed by atoms with Gasteiger partial charge in [-0.25, -0.2) is 14.8 Å². The van der Waals surface area contributed by atoms with E-state index in [1.807, 2.05) is 6.07 Å². The maximum absolute atomic E-state index is 12.3. The second kappa shape index (κ2) is 6.78. The first-order valence-corrected chi connectivity index (χ1v) is 7.97. The topological polar surface area (TPSA) is 92.2 Å². The highest BCUT2D eigenvalue weighted by Gasteiger charge is 2.22. The number of aromatic nitrogens is 2. The molecule has 0 saturated carbocycles. The van der Waals surface area contributed by atoms with Gasteiger partial charge >= 0.3 is 5.97 Å². The van der Waals surface area contributed by atoms with Crippen molar-refractivity contribution in [2.24, 2.45) is 0 Å². The molecule has 0 fully saturated rings. The molecule has 1 unspecified atom stereocenters. The number of hydrogen-bond acceptors (Lipinski definition) is 4. The Hall–Kier alpha value is -2.76. The minimum atomic E-state index is -0.928. The van der Waals surface area contributed by atoms with Crippen LogP contribution in [0.25, 0.3) is 0 Å². The van der Waals surface area contributed by atoms with Crippen LogP contribution in [0.3, 0.4) is 0 Å².